The largest absolute Gasteiger partial charge is 0.316 e. The third kappa shape index (κ3) is 1.37. The lowest BCUT2D eigenvalue weighted by Gasteiger charge is -2.02. The van der Waals surface area contributed by atoms with Gasteiger partial charge in [-0.25, -0.2) is 0 Å². The maximum atomic E-state index is 4.41. The van der Waals surface area contributed by atoms with E-state index in [4.69, 9.17) is 0 Å². The van der Waals surface area contributed by atoms with E-state index in [0.717, 1.165) is 12.6 Å². The van der Waals surface area contributed by atoms with E-state index in [2.05, 4.69) is 27.5 Å². The first-order chi connectivity index (χ1) is 6.43. The normalized spacial score (nSPS) is 28.2. The molecule has 1 saturated carbocycles. The Bertz CT molecular complexity index is 295. The van der Waals surface area contributed by atoms with Crippen molar-refractivity contribution < 1.29 is 0 Å². The zero-order valence-electron chi connectivity index (χ0n) is 7.74. The molecule has 1 unspecified atom stereocenters. The number of nitrogens with one attached hydrogen (secondary N) is 1. The molecule has 1 N–H and O–H groups in total. The highest BCUT2D eigenvalue weighted by Gasteiger charge is 2.25. The molecule has 2 fully saturated rings. The summed E-state index contributed by atoms with van der Waals surface area (Å²) in [4.78, 5) is 0. The van der Waals surface area contributed by atoms with Crippen molar-refractivity contribution in [2.45, 2.75) is 31.2 Å². The zero-order valence-corrected chi connectivity index (χ0v) is 7.74. The molecule has 70 valence electrons. The van der Waals surface area contributed by atoms with Gasteiger partial charge in [0.15, 0.2) is 0 Å². The van der Waals surface area contributed by atoms with E-state index in [0.29, 0.717) is 5.92 Å². The minimum atomic E-state index is 0.715. The van der Waals surface area contributed by atoms with E-state index in [1.54, 1.807) is 0 Å². The van der Waals surface area contributed by atoms with Gasteiger partial charge in [0.05, 0.1) is 12.2 Å². The SMILES string of the molecule is c1nn(C2CC2)cc1C1CCNC1. The van der Waals surface area contributed by atoms with Crippen molar-refractivity contribution in [2.75, 3.05) is 13.1 Å². The highest BCUT2D eigenvalue weighted by atomic mass is 15.3. The van der Waals surface area contributed by atoms with Crippen LogP contribution in [0.15, 0.2) is 12.4 Å². The molecule has 1 saturated heterocycles. The lowest BCUT2D eigenvalue weighted by atomic mass is 10.0. The van der Waals surface area contributed by atoms with Crippen LogP contribution in [0.3, 0.4) is 0 Å². The predicted octanol–water partition coefficient (Wildman–Crippen LogP) is 1.29. The van der Waals surface area contributed by atoms with Gasteiger partial charge >= 0.3 is 0 Å². The second kappa shape index (κ2) is 2.84. The van der Waals surface area contributed by atoms with Crippen molar-refractivity contribution in [1.29, 1.82) is 0 Å². The van der Waals surface area contributed by atoms with Gasteiger partial charge in [-0.2, -0.15) is 5.10 Å². The summed E-state index contributed by atoms with van der Waals surface area (Å²) in [7, 11) is 0. The lowest BCUT2D eigenvalue weighted by molar-refractivity contribution is 0.639. The molecule has 1 atom stereocenters. The van der Waals surface area contributed by atoms with E-state index in [-0.39, 0.29) is 0 Å². The van der Waals surface area contributed by atoms with Crippen molar-refractivity contribution in [3.63, 3.8) is 0 Å². The molecule has 2 aliphatic rings. The van der Waals surface area contributed by atoms with Crippen molar-refractivity contribution in [3.05, 3.63) is 18.0 Å². The summed E-state index contributed by atoms with van der Waals surface area (Å²) < 4.78 is 2.15. The van der Waals surface area contributed by atoms with E-state index < -0.39 is 0 Å². The molecule has 1 aliphatic carbocycles. The molecule has 1 aromatic heterocycles. The van der Waals surface area contributed by atoms with Crippen LogP contribution in [0.25, 0.3) is 0 Å². The van der Waals surface area contributed by atoms with E-state index >= 15 is 0 Å². The Kier molecular flexibility index (Phi) is 1.65. The Balaban J connectivity index is 1.79. The third-order valence-electron chi connectivity index (χ3n) is 3.07. The minimum absolute atomic E-state index is 0.715. The van der Waals surface area contributed by atoms with Gasteiger partial charge in [0.1, 0.15) is 0 Å². The average molecular weight is 177 g/mol. The molecule has 3 heteroatoms. The molecule has 13 heavy (non-hydrogen) atoms. The Morgan fingerprint density at radius 2 is 2.31 bits per heavy atom. The molecule has 3 rings (SSSR count). The summed E-state index contributed by atoms with van der Waals surface area (Å²) in [6.07, 6.45) is 8.22. The van der Waals surface area contributed by atoms with Gasteiger partial charge < -0.3 is 5.32 Å². The Morgan fingerprint density at radius 1 is 1.38 bits per heavy atom. The highest BCUT2D eigenvalue weighted by molar-refractivity contribution is 5.14. The van der Waals surface area contributed by atoms with Gasteiger partial charge in [-0.15, -0.1) is 0 Å². The van der Waals surface area contributed by atoms with Crippen LogP contribution in [0.5, 0.6) is 0 Å². The molecule has 0 spiro atoms. The Hall–Kier alpha value is -0.830. The second-order valence-electron chi connectivity index (χ2n) is 4.17. The van der Waals surface area contributed by atoms with Gasteiger partial charge in [-0.05, 0) is 31.4 Å². The summed E-state index contributed by atoms with van der Waals surface area (Å²) in [5.74, 6) is 0.715. The quantitative estimate of drug-likeness (QED) is 0.737. The number of aromatic nitrogens is 2. The summed E-state index contributed by atoms with van der Waals surface area (Å²) in [5.41, 5.74) is 1.43. The third-order valence-corrected chi connectivity index (χ3v) is 3.07. The molecule has 1 aromatic rings. The number of nitrogens with zero attached hydrogens (tertiary/aromatic N) is 2. The van der Waals surface area contributed by atoms with Crippen LogP contribution in [0.1, 0.15) is 36.8 Å². The summed E-state index contributed by atoms with van der Waals surface area (Å²) in [5, 5.41) is 7.80. The standard InChI is InChI=1S/C10H15N3/c1-2-10(1)13-7-9(6-12-13)8-3-4-11-5-8/h6-8,10-11H,1-5H2. The maximum absolute atomic E-state index is 4.41. The molecule has 0 radical (unpaired) electrons. The van der Waals surface area contributed by atoms with Gasteiger partial charge in [-0.1, -0.05) is 0 Å². The fraction of sp³-hybridized carbons (Fsp3) is 0.700. The van der Waals surface area contributed by atoms with Crippen LogP contribution in [-0.2, 0) is 0 Å². The second-order valence-corrected chi connectivity index (χ2v) is 4.17. The molecule has 3 nitrogen and oxygen atoms in total. The number of hydrogen-bond donors (Lipinski definition) is 1. The summed E-state index contributed by atoms with van der Waals surface area (Å²) >= 11 is 0. The van der Waals surface area contributed by atoms with Gasteiger partial charge in [0, 0.05) is 18.7 Å². The van der Waals surface area contributed by atoms with Crippen LogP contribution in [0.2, 0.25) is 0 Å². The maximum Gasteiger partial charge on any atom is 0.0525 e. The van der Waals surface area contributed by atoms with E-state index in [9.17, 15) is 0 Å². The van der Waals surface area contributed by atoms with Crippen LogP contribution >= 0.6 is 0 Å². The monoisotopic (exact) mass is 177 g/mol. The van der Waals surface area contributed by atoms with Crippen molar-refractivity contribution in [3.8, 4) is 0 Å². The molecule has 2 heterocycles. The van der Waals surface area contributed by atoms with Crippen molar-refractivity contribution in [2.24, 2.45) is 0 Å². The van der Waals surface area contributed by atoms with Crippen molar-refractivity contribution in [1.82, 2.24) is 15.1 Å². The summed E-state index contributed by atoms with van der Waals surface area (Å²) in [6, 6.07) is 0.725. The number of rotatable bonds is 2. The first-order valence-corrected chi connectivity index (χ1v) is 5.18. The smallest absolute Gasteiger partial charge is 0.0525 e. The fourth-order valence-electron chi connectivity index (χ4n) is 2.04. The van der Waals surface area contributed by atoms with Crippen LogP contribution in [-0.4, -0.2) is 22.9 Å². The fourth-order valence-corrected chi connectivity index (χ4v) is 2.04. The average Bonchev–Trinajstić information content (AvgIpc) is 2.72. The molecular formula is C10H15N3. The van der Waals surface area contributed by atoms with Gasteiger partial charge in [-0.3, -0.25) is 4.68 Å². The van der Waals surface area contributed by atoms with Crippen LogP contribution in [0.4, 0.5) is 0 Å². The number of hydrogen-bond acceptors (Lipinski definition) is 2. The zero-order chi connectivity index (χ0) is 8.67. The van der Waals surface area contributed by atoms with Crippen LogP contribution in [0, 0.1) is 0 Å². The highest BCUT2D eigenvalue weighted by Crippen LogP contribution is 2.35. The Labute approximate surface area is 78.1 Å². The van der Waals surface area contributed by atoms with Gasteiger partial charge in [0.25, 0.3) is 0 Å². The van der Waals surface area contributed by atoms with Crippen molar-refractivity contribution >= 4 is 0 Å². The summed E-state index contributed by atoms with van der Waals surface area (Å²) in [6.45, 7) is 2.30. The van der Waals surface area contributed by atoms with E-state index in [1.807, 2.05) is 0 Å². The minimum Gasteiger partial charge on any atom is -0.316 e. The predicted molar refractivity (Wildman–Crippen MR) is 50.7 cm³/mol. The molecule has 0 aromatic carbocycles. The first-order valence-electron chi connectivity index (χ1n) is 5.18. The first kappa shape index (κ1) is 7.56. The topological polar surface area (TPSA) is 29.9 Å². The molecule has 0 bridgehead atoms. The molecule has 1 aliphatic heterocycles. The lowest BCUT2D eigenvalue weighted by Crippen LogP contribution is -2.07. The molecule has 0 amide bonds. The van der Waals surface area contributed by atoms with Gasteiger partial charge in [0.2, 0.25) is 0 Å². The van der Waals surface area contributed by atoms with Crippen LogP contribution < -0.4 is 5.32 Å². The van der Waals surface area contributed by atoms with E-state index in [1.165, 1.54) is 31.4 Å². The Morgan fingerprint density at radius 3 is 3.00 bits per heavy atom. The molecular weight excluding hydrogens is 162 g/mol.